The maximum Gasteiger partial charge on any atom is 0.319 e. The van der Waals surface area contributed by atoms with Gasteiger partial charge < -0.3 is 26.0 Å². The summed E-state index contributed by atoms with van der Waals surface area (Å²) in [5.74, 6) is 0. The van der Waals surface area contributed by atoms with E-state index in [9.17, 15) is 9.59 Å². The maximum absolute atomic E-state index is 12.0. The minimum atomic E-state index is -0.258. The molecule has 28 heavy (non-hydrogen) atoms. The molecule has 7 nitrogen and oxygen atoms in total. The van der Waals surface area contributed by atoms with E-state index in [0.29, 0.717) is 24.5 Å². The predicted octanol–water partition coefficient (Wildman–Crippen LogP) is 4.00. The van der Waals surface area contributed by atoms with Gasteiger partial charge in [-0.1, -0.05) is 11.6 Å². The molecule has 1 aromatic rings. The van der Waals surface area contributed by atoms with E-state index in [1.165, 1.54) is 18.4 Å². The molecule has 1 aliphatic heterocycles. The Labute approximate surface area is 166 Å². The lowest BCUT2D eigenvalue weighted by Gasteiger charge is -2.13. The van der Waals surface area contributed by atoms with Crippen molar-refractivity contribution in [3.8, 4) is 0 Å². The van der Waals surface area contributed by atoms with Crippen molar-refractivity contribution < 1.29 is 14.3 Å². The highest BCUT2D eigenvalue weighted by molar-refractivity contribution is 5.91. The first-order valence-corrected chi connectivity index (χ1v) is 10.2. The Morgan fingerprint density at radius 1 is 0.964 bits per heavy atom. The number of carbonyl (C=O) groups excluding carboxylic acids is 2. The number of ether oxygens (including phenoxy) is 1. The zero-order valence-electron chi connectivity index (χ0n) is 16.3. The average molecular weight is 386 g/mol. The van der Waals surface area contributed by atoms with Crippen LogP contribution in [0.25, 0.3) is 0 Å². The van der Waals surface area contributed by atoms with Gasteiger partial charge in [-0.2, -0.15) is 0 Å². The molecule has 152 valence electrons. The summed E-state index contributed by atoms with van der Waals surface area (Å²) in [5, 5.41) is 11.3. The number of nitrogens with one attached hydrogen (secondary N) is 4. The molecule has 0 bridgehead atoms. The second-order valence-electron chi connectivity index (χ2n) is 7.29. The minimum absolute atomic E-state index is 0.116. The molecule has 1 heterocycles. The lowest BCUT2D eigenvalue weighted by Crippen LogP contribution is -2.35. The molecule has 1 aliphatic carbocycles. The van der Waals surface area contributed by atoms with Crippen LogP contribution in [0.3, 0.4) is 0 Å². The van der Waals surface area contributed by atoms with Gasteiger partial charge in [0, 0.05) is 31.1 Å². The van der Waals surface area contributed by atoms with Crippen LogP contribution in [0.5, 0.6) is 0 Å². The monoisotopic (exact) mass is 386 g/mol. The largest absolute Gasteiger partial charge is 0.376 e. The fourth-order valence-electron chi connectivity index (χ4n) is 3.47. The first kappa shape index (κ1) is 20.2. The molecule has 4 amide bonds. The topological polar surface area (TPSA) is 91.5 Å². The van der Waals surface area contributed by atoms with E-state index in [2.05, 4.69) is 27.3 Å². The molecule has 0 saturated carbocycles. The maximum atomic E-state index is 12.0. The molecule has 2 aliphatic rings. The van der Waals surface area contributed by atoms with Crippen LogP contribution in [-0.4, -0.2) is 37.9 Å². The highest BCUT2D eigenvalue weighted by Crippen LogP contribution is 2.19. The molecule has 1 unspecified atom stereocenters. The second kappa shape index (κ2) is 10.7. The molecular weight excluding hydrogens is 356 g/mol. The van der Waals surface area contributed by atoms with Gasteiger partial charge in [0.15, 0.2) is 0 Å². The second-order valence-corrected chi connectivity index (χ2v) is 7.29. The Morgan fingerprint density at radius 2 is 1.68 bits per heavy atom. The molecule has 4 N–H and O–H groups in total. The average Bonchev–Trinajstić information content (AvgIpc) is 3.22. The molecule has 1 atom stereocenters. The van der Waals surface area contributed by atoms with E-state index in [-0.39, 0.29) is 18.2 Å². The van der Waals surface area contributed by atoms with Crippen molar-refractivity contribution >= 4 is 23.4 Å². The Bertz CT molecular complexity index is 681. The number of benzene rings is 1. The first-order valence-electron chi connectivity index (χ1n) is 10.2. The number of allylic oxidation sites excluding steroid dienone is 1. The molecule has 7 heteroatoms. The number of hydrogen-bond donors (Lipinski definition) is 4. The van der Waals surface area contributed by atoms with Gasteiger partial charge in [0.2, 0.25) is 0 Å². The van der Waals surface area contributed by atoms with Crippen LogP contribution in [0.4, 0.5) is 21.0 Å². The van der Waals surface area contributed by atoms with Gasteiger partial charge in [-0.05, 0) is 69.2 Å². The zero-order valence-corrected chi connectivity index (χ0v) is 16.3. The van der Waals surface area contributed by atoms with Gasteiger partial charge in [-0.15, -0.1) is 0 Å². The number of rotatable bonds is 7. The fraction of sp³-hybridized carbons (Fsp3) is 0.524. The van der Waals surface area contributed by atoms with E-state index in [0.717, 1.165) is 38.7 Å². The van der Waals surface area contributed by atoms with Crippen molar-refractivity contribution in [3.63, 3.8) is 0 Å². The summed E-state index contributed by atoms with van der Waals surface area (Å²) < 4.78 is 5.48. The van der Waals surface area contributed by atoms with Crippen LogP contribution in [0.15, 0.2) is 35.9 Å². The van der Waals surface area contributed by atoms with E-state index < -0.39 is 0 Å². The summed E-state index contributed by atoms with van der Waals surface area (Å²) in [6, 6.07) is 6.57. The molecular formula is C21H30N4O3. The third kappa shape index (κ3) is 6.88. The summed E-state index contributed by atoms with van der Waals surface area (Å²) >= 11 is 0. The Balaban J connectivity index is 1.34. The highest BCUT2D eigenvalue weighted by atomic mass is 16.5. The summed E-state index contributed by atoms with van der Waals surface area (Å²) in [7, 11) is 0. The molecule has 1 aromatic carbocycles. The number of amides is 4. The van der Waals surface area contributed by atoms with Crippen molar-refractivity contribution in [2.45, 2.75) is 51.0 Å². The van der Waals surface area contributed by atoms with Crippen LogP contribution in [0.2, 0.25) is 0 Å². The summed E-state index contributed by atoms with van der Waals surface area (Å²) in [5.41, 5.74) is 2.79. The quantitative estimate of drug-likeness (QED) is 0.534. The molecule has 0 radical (unpaired) electrons. The third-order valence-corrected chi connectivity index (χ3v) is 5.03. The zero-order chi connectivity index (χ0) is 19.6. The van der Waals surface area contributed by atoms with Crippen molar-refractivity contribution in [2.75, 3.05) is 30.3 Å². The Morgan fingerprint density at radius 3 is 2.29 bits per heavy atom. The van der Waals surface area contributed by atoms with Crippen molar-refractivity contribution in [3.05, 3.63) is 35.9 Å². The molecule has 1 fully saturated rings. The highest BCUT2D eigenvalue weighted by Gasteiger charge is 2.16. The first-order chi connectivity index (χ1) is 13.7. The normalized spacial score (nSPS) is 18.9. The van der Waals surface area contributed by atoms with Gasteiger partial charge in [0.25, 0.3) is 0 Å². The number of urea groups is 2. The van der Waals surface area contributed by atoms with Crippen LogP contribution in [0, 0.1) is 0 Å². The molecule has 3 rings (SSSR count). The standard InChI is InChI=1S/C21H30N4O3/c26-20(22-13-12-16-5-2-1-3-6-16)24-17-8-10-18(11-9-17)25-21(27)23-15-19-7-4-14-28-19/h5,8-11,19H,1-4,6-7,12-15H2,(H2,22,24,26)(H2,23,25,27). The van der Waals surface area contributed by atoms with Crippen molar-refractivity contribution in [2.24, 2.45) is 0 Å². The van der Waals surface area contributed by atoms with E-state index in [1.807, 2.05) is 0 Å². The van der Waals surface area contributed by atoms with Gasteiger partial charge in [-0.25, -0.2) is 9.59 Å². The predicted molar refractivity (Wildman–Crippen MR) is 111 cm³/mol. The van der Waals surface area contributed by atoms with Gasteiger partial charge in [0.1, 0.15) is 0 Å². The van der Waals surface area contributed by atoms with Crippen LogP contribution in [0.1, 0.15) is 44.9 Å². The number of anilines is 2. The van der Waals surface area contributed by atoms with Gasteiger partial charge >= 0.3 is 12.1 Å². The van der Waals surface area contributed by atoms with Gasteiger partial charge in [-0.3, -0.25) is 0 Å². The van der Waals surface area contributed by atoms with Crippen LogP contribution >= 0.6 is 0 Å². The van der Waals surface area contributed by atoms with Crippen LogP contribution < -0.4 is 21.3 Å². The number of carbonyl (C=O) groups is 2. The van der Waals surface area contributed by atoms with Crippen molar-refractivity contribution in [1.29, 1.82) is 0 Å². The Kier molecular flexibility index (Phi) is 7.72. The number of hydrogen-bond acceptors (Lipinski definition) is 3. The fourth-order valence-corrected chi connectivity index (χ4v) is 3.47. The van der Waals surface area contributed by atoms with Gasteiger partial charge in [0.05, 0.1) is 6.10 Å². The van der Waals surface area contributed by atoms with Crippen molar-refractivity contribution in [1.82, 2.24) is 10.6 Å². The summed E-state index contributed by atoms with van der Waals surface area (Å²) in [6.07, 6.45) is 10.2. The van der Waals surface area contributed by atoms with E-state index in [1.54, 1.807) is 24.3 Å². The Hall–Kier alpha value is -2.54. The molecule has 1 saturated heterocycles. The van der Waals surface area contributed by atoms with E-state index >= 15 is 0 Å². The summed E-state index contributed by atoms with van der Waals surface area (Å²) in [4.78, 5) is 23.9. The van der Waals surface area contributed by atoms with Crippen LogP contribution in [-0.2, 0) is 4.74 Å². The smallest absolute Gasteiger partial charge is 0.319 e. The SMILES string of the molecule is O=C(NCCC1=CCCCC1)Nc1ccc(NC(=O)NCC2CCCO2)cc1. The molecule has 0 spiro atoms. The molecule has 0 aromatic heterocycles. The third-order valence-electron chi connectivity index (χ3n) is 5.03. The van der Waals surface area contributed by atoms with E-state index in [4.69, 9.17) is 4.74 Å². The lowest BCUT2D eigenvalue weighted by atomic mass is 9.97. The minimum Gasteiger partial charge on any atom is -0.376 e. The summed E-state index contributed by atoms with van der Waals surface area (Å²) in [6.45, 7) is 1.93. The lowest BCUT2D eigenvalue weighted by molar-refractivity contribution is 0.112.